The van der Waals surface area contributed by atoms with Crippen molar-refractivity contribution in [2.45, 2.75) is 83.7 Å². The van der Waals surface area contributed by atoms with Gasteiger partial charge in [0.15, 0.2) is 0 Å². The summed E-state index contributed by atoms with van der Waals surface area (Å²) in [4.78, 5) is 11.3. The zero-order valence-corrected chi connectivity index (χ0v) is 13.0. The molecule has 4 heteroatoms. The Morgan fingerprint density at radius 3 is 1.95 bits per heavy atom. The highest BCUT2D eigenvalue weighted by Crippen LogP contribution is 2.11. The molecule has 120 valence electrons. The van der Waals surface area contributed by atoms with E-state index < -0.39 is 6.10 Å². The maximum absolute atomic E-state index is 11.3. The van der Waals surface area contributed by atoms with Crippen LogP contribution in [0, 0.1) is 0 Å². The first-order valence-electron chi connectivity index (χ1n) is 8.15. The van der Waals surface area contributed by atoms with Gasteiger partial charge < -0.3 is 14.9 Å². The second-order valence-corrected chi connectivity index (χ2v) is 5.45. The molecular formula is C16H32O4. The van der Waals surface area contributed by atoms with Gasteiger partial charge in [-0.2, -0.15) is 0 Å². The molecule has 0 rings (SSSR count). The molecule has 0 aliphatic carbocycles. The zero-order chi connectivity index (χ0) is 15.1. The first-order valence-corrected chi connectivity index (χ1v) is 8.15. The van der Waals surface area contributed by atoms with Gasteiger partial charge in [-0.25, -0.2) is 0 Å². The fourth-order valence-electron chi connectivity index (χ4n) is 2.07. The van der Waals surface area contributed by atoms with Gasteiger partial charge in [0.25, 0.3) is 0 Å². The molecule has 0 aromatic rings. The van der Waals surface area contributed by atoms with E-state index in [1.54, 1.807) is 0 Å². The van der Waals surface area contributed by atoms with Gasteiger partial charge in [0.05, 0.1) is 6.61 Å². The fraction of sp³-hybridized carbons (Fsp3) is 0.938. The molecule has 0 aromatic carbocycles. The lowest BCUT2D eigenvalue weighted by atomic mass is 10.1. The molecule has 2 N–H and O–H groups in total. The normalized spacial score (nSPS) is 12.3. The molecular weight excluding hydrogens is 256 g/mol. The first-order chi connectivity index (χ1) is 9.70. The Kier molecular flexibility index (Phi) is 14.3. The number of esters is 1. The van der Waals surface area contributed by atoms with Crippen LogP contribution in [0.2, 0.25) is 0 Å². The minimum Gasteiger partial charge on any atom is -0.463 e. The quantitative estimate of drug-likeness (QED) is 0.380. The van der Waals surface area contributed by atoms with Crippen molar-refractivity contribution in [2.75, 3.05) is 13.2 Å². The number of rotatable bonds is 14. The lowest BCUT2D eigenvalue weighted by Crippen LogP contribution is -2.21. The predicted octanol–water partition coefficient (Wildman–Crippen LogP) is 3.19. The standard InChI is InChI=1S/C16H32O4/c1-2-3-4-5-6-7-8-9-10-11-12-16(19)20-14-15(18)13-17/h15,17-18H,2-14H2,1H3/t15-/m0/s1. The summed E-state index contributed by atoms with van der Waals surface area (Å²) < 4.78 is 4.83. The lowest BCUT2D eigenvalue weighted by molar-refractivity contribution is -0.147. The maximum atomic E-state index is 11.3. The van der Waals surface area contributed by atoms with E-state index in [0.717, 1.165) is 12.8 Å². The summed E-state index contributed by atoms with van der Waals surface area (Å²) >= 11 is 0. The highest BCUT2D eigenvalue weighted by Gasteiger charge is 2.07. The number of ether oxygens (including phenoxy) is 1. The van der Waals surface area contributed by atoms with E-state index in [9.17, 15) is 4.79 Å². The molecule has 0 aliphatic heterocycles. The topological polar surface area (TPSA) is 66.8 Å². The molecule has 0 aliphatic rings. The van der Waals surface area contributed by atoms with Crippen LogP contribution < -0.4 is 0 Å². The fourth-order valence-corrected chi connectivity index (χ4v) is 2.07. The second kappa shape index (κ2) is 14.8. The van der Waals surface area contributed by atoms with Crippen molar-refractivity contribution in [3.63, 3.8) is 0 Å². The predicted molar refractivity (Wildman–Crippen MR) is 80.5 cm³/mol. The van der Waals surface area contributed by atoms with Gasteiger partial charge >= 0.3 is 5.97 Å². The van der Waals surface area contributed by atoms with Gasteiger partial charge in [0.1, 0.15) is 12.7 Å². The minimum absolute atomic E-state index is 0.104. The molecule has 0 spiro atoms. The molecule has 0 fully saturated rings. The summed E-state index contributed by atoms with van der Waals surface area (Å²) in [6, 6.07) is 0. The molecule has 0 heterocycles. The maximum Gasteiger partial charge on any atom is 0.305 e. The van der Waals surface area contributed by atoms with Crippen LogP contribution >= 0.6 is 0 Å². The summed E-state index contributed by atoms with van der Waals surface area (Å²) in [6.45, 7) is 1.76. The van der Waals surface area contributed by atoms with Crippen molar-refractivity contribution >= 4 is 5.97 Å². The summed E-state index contributed by atoms with van der Waals surface area (Å²) in [6.07, 6.45) is 11.8. The molecule has 0 saturated carbocycles. The number of hydrogen-bond donors (Lipinski definition) is 2. The molecule has 0 bridgehead atoms. The summed E-state index contributed by atoms with van der Waals surface area (Å²) in [5.41, 5.74) is 0. The Balaban J connectivity index is 3.17. The van der Waals surface area contributed by atoms with Gasteiger partial charge in [-0.15, -0.1) is 0 Å². The number of carbonyl (C=O) groups is 1. The third-order valence-electron chi connectivity index (χ3n) is 3.38. The Morgan fingerprint density at radius 1 is 0.950 bits per heavy atom. The highest BCUT2D eigenvalue weighted by atomic mass is 16.5. The molecule has 0 radical (unpaired) electrons. The molecule has 20 heavy (non-hydrogen) atoms. The van der Waals surface area contributed by atoms with Crippen molar-refractivity contribution < 1.29 is 19.7 Å². The SMILES string of the molecule is CCCCCCCCCCCCC(=O)OC[C@@H](O)CO. The van der Waals surface area contributed by atoms with Gasteiger partial charge in [0.2, 0.25) is 0 Å². The lowest BCUT2D eigenvalue weighted by Gasteiger charge is -2.08. The smallest absolute Gasteiger partial charge is 0.305 e. The third kappa shape index (κ3) is 13.8. The van der Waals surface area contributed by atoms with E-state index in [2.05, 4.69) is 6.92 Å². The molecule has 0 saturated heterocycles. The van der Waals surface area contributed by atoms with E-state index in [1.807, 2.05) is 0 Å². The summed E-state index contributed by atoms with van der Waals surface area (Å²) in [5, 5.41) is 17.6. The van der Waals surface area contributed by atoms with Crippen LogP contribution in [0.3, 0.4) is 0 Å². The molecule has 0 aromatic heterocycles. The number of carbonyl (C=O) groups excluding carboxylic acids is 1. The number of aliphatic hydroxyl groups excluding tert-OH is 2. The van der Waals surface area contributed by atoms with Crippen molar-refractivity contribution in [2.24, 2.45) is 0 Å². The average Bonchev–Trinajstić information content (AvgIpc) is 2.46. The van der Waals surface area contributed by atoms with Crippen LogP contribution in [-0.4, -0.2) is 35.5 Å². The molecule has 4 nitrogen and oxygen atoms in total. The average molecular weight is 288 g/mol. The molecule has 1 atom stereocenters. The van der Waals surface area contributed by atoms with Crippen LogP contribution in [0.25, 0.3) is 0 Å². The third-order valence-corrected chi connectivity index (χ3v) is 3.38. The van der Waals surface area contributed by atoms with Crippen molar-refractivity contribution in [3.8, 4) is 0 Å². The monoisotopic (exact) mass is 288 g/mol. The van der Waals surface area contributed by atoms with Crippen LogP contribution in [0.5, 0.6) is 0 Å². The van der Waals surface area contributed by atoms with E-state index in [1.165, 1.54) is 51.4 Å². The van der Waals surface area contributed by atoms with Crippen LogP contribution in [-0.2, 0) is 9.53 Å². The Labute approximate surface area is 123 Å². The summed E-state index contributed by atoms with van der Waals surface area (Å²) in [5.74, 6) is -0.280. The van der Waals surface area contributed by atoms with Gasteiger partial charge in [-0.1, -0.05) is 64.7 Å². The number of aliphatic hydroxyl groups is 2. The Bertz CT molecular complexity index is 219. The zero-order valence-electron chi connectivity index (χ0n) is 13.0. The van der Waals surface area contributed by atoms with Crippen molar-refractivity contribution in [1.29, 1.82) is 0 Å². The van der Waals surface area contributed by atoms with E-state index >= 15 is 0 Å². The first kappa shape index (κ1) is 19.4. The number of hydrogen-bond acceptors (Lipinski definition) is 4. The van der Waals surface area contributed by atoms with Gasteiger partial charge in [-0.3, -0.25) is 4.79 Å². The van der Waals surface area contributed by atoms with Crippen LogP contribution in [0.4, 0.5) is 0 Å². The van der Waals surface area contributed by atoms with Gasteiger partial charge in [-0.05, 0) is 6.42 Å². The summed E-state index contributed by atoms with van der Waals surface area (Å²) in [7, 11) is 0. The second-order valence-electron chi connectivity index (χ2n) is 5.45. The van der Waals surface area contributed by atoms with Crippen molar-refractivity contribution in [3.05, 3.63) is 0 Å². The number of unbranched alkanes of at least 4 members (excludes halogenated alkanes) is 9. The van der Waals surface area contributed by atoms with Crippen molar-refractivity contribution in [1.82, 2.24) is 0 Å². The highest BCUT2D eigenvalue weighted by molar-refractivity contribution is 5.69. The van der Waals surface area contributed by atoms with Crippen LogP contribution in [0.1, 0.15) is 77.6 Å². The van der Waals surface area contributed by atoms with Gasteiger partial charge in [0, 0.05) is 6.42 Å². The molecule has 0 amide bonds. The minimum atomic E-state index is -0.952. The Morgan fingerprint density at radius 2 is 1.45 bits per heavy atom. The van der Waals surface area contributed by atoms with E-state index in [0.29, 0.717) is 6.42 Å². The van der Waals surface area contributed by atoms with E-state index in [4.69, 9.17) is 14.9 Å². The largest absolute Gasteiger partial charge is 0.463 e. The Hall–Kier alpha value is -0.610. The molecule has 0 unspecified atom stereocenters. The van der Waals surface area contributed by atoms with E-state index in [-0.39, 0.29) is 19.2 Å². The van der Waals surface area contributed by atoms with Crippen LogP contribution in [0.15, 0.2) is 0 Å².